The molecule has 0 saturated carbocycles. The maximum Gasteiger partial charge on any atom is 0.0509 e. The Bertz CT molecular complexity index is 235. The van der Waals surface area contributed by atoms with E-state index in [2.05, 4.69) is 43.1 Å². The van der Waals surface area contributed by atoms with Gasteiger partial charge < -0.3 is 4.90 Å². The van der Waals surface area contributed by atoms with Gasteiger partial charge in [0.1, 0.15) is 0 Å². The molecule has 86 valence electrons. The number of rotatable bonds is 7. The van der Waals surface area contributed by atoms with Crippen LogP contribution in [0.4, 0.5) is 0 Å². The molecule has 2 nitrogen and oxygen atoms in total. The maximum atomic E-state index is 4.09. The van der Waals surface area contributed by atoms with Crippen molar-refractivity contribution >= 4 is 5.87 Å². The molecule has 15 heavy (non-hydrogen) atoms. The number of hydrogen-bond donors (Lipinski definition) is 0. The monoisotopic (exact) mass is 208 g/mol. The second kappa shape index (κ2) is 5.48. The van der Waals surface area contributed by atoms with E-state index in [1.807, 2.05) is 0 Å². The summed E-state index contributed by atoms with van der Waals surface area (Å²) >= 11 is 0. The largest absolute Gasteiger partial charge is 0.301 e. The van der Waals surface area contributed by atoms with E-state index in [1.165, 1.54) is 32.5 Å². The predicted octanol–water partition coefficient (Wildman–Crippen LogP) is 2.60. The molecule has 1 rings (SSSR count). The second-order valence-corrected chi connectivity index (χ2v) is 5.56. The highest BCUT2D eigenvalue weighted by molar-refractivity contribution is 5.46. The summed E-state index contributed by atoms with van der Waals surface area (Å²) in [6, 6.07) is 0. The summed E-state index contributed by atoms with van der Waals surface area (Å²) < 4.78 is 0. The van der Waals surface area contributed by atoms with Gasteiger partial charge in [-0.25, -0.2) is 4.99 Å². The highest BCUT2D eigenvalue weighted by atomic mass is 15.2. The van der Waals surface area contributed by atoms with E-state index < -0.39 is 0 Å². The maximum absolute atomic E-state index is 4.09. The third kappa shape index (κ3) is 5.76. The van der Waals surface area contributed by atoms with Crippen LogP contribution in [-0.2, 0) is 0 Å². The SMILES string of the molecule is C=C=NCC(C)CC(C)(C)CCN1CC1. The fraction of sp³-hybridized carbons (Fsp3) is 0.846. The molecule has 1 saturated heterocycles. The average Bonchev–Trinajstić information content (AvgIpc) is 2.94. The molecule has 0 aromatic rings. The lowest BCUT2D eigenvalue weighted by molar-refractivity contribution is 0.244. The normalized spacial score (nSPS) is 18.3. The molecule has 0 aromatic heterocycles. The fourth-order valence-corrected chi connectivity index (χ4v) is 2.09. The van der Waals surface area contributed by atoms with Crippen LogP contribution in [0.2, 0.25) is 0 Å². The van der Waals surface area contributed by atoms with Crippen molar-refractivity contribution in [1.29, 1.82) is 0 Å². The first kappa shape index (κ1) is 12.5. The summed E-state index contributed by atoms with van der Waals surface area (Å²) in [6.07, 6.45) is 2.54. The van der Waals surface area contributed by atoms with E-state index in [1.54, 1.807) is 0 Å². The molecule has 0 amide bonds. The van der Waals surface area contributed by atoms with Crippen LogP contribution >= 0.6 is 0 Å². The van der Waals surface area contributed by atoms with Crippen molar-refractivity contribution in [1.82, 2.24) is 4.90 Å². The Morgan fingerprint density at radius 1 is 1.47 bits per heavy atom. The first-order valence-electron chi connectivity index (χ1n) is 5.94. The summed E-state index contributed by atoms with van der Waals surface area (Å²) in [6.45, 7) is 15.3. The van der Waals surface area contributed by atoms with Crippen LogP contribution in [0.25, 0.3) is 0 Å². The van der Waals surface area contributed by atoms with E-state index in [4.69, 9.17) is 0 Å². The molecule has 0 N–H and O–H groups in total. The highest BCUT2D eigenvalue weighted by Gasteiger charge is 2.24. The molecule has 0 aromatic carbocycles. The Kier molecular flexibility index (Phi) is 4.56. The van der Waals surface area contributed by atoms with Gasteiger partial charge in [0.05, 0.1) is 6.54 Å². The zero-order valence-electron chi connectivity index (χ0n) is 10.4. The molecule has 0 aliphatic carbocycles. The van der Waals surface area contributed by atoms with Crippen molar-refractivity contribution in [3.63, 3.8) is 0 Å². The van der Waals surface area contributed by atoms with Gasteiger partial charge in [-0.2, -0.15) is 0 Å². The van der Waals surface area contributed by atoms with Gasteiger partial charge in [0, 0.05) is 13.1 Å². The quantitative estimate of drug-likeness (QED) is 0.464. The van der Waals surface area contributed by atoms with Crippen LogP contribution in [0.5, 0.6) is 0 Å². The lowest BCUT2D eigenvalue weighted by atomic mass is 9.80. The van der Waals surface area contributed by atoms with Crippen molar-refractivity contribution in [3.05, 3.63) is 6.58 Å². The Balaban J connectivity index is 2.22. The molecule has 1 aliphatic heterocycles. The highest BCUT2D eigenvalue weighted by Crippen LogP contribution is 2.30. The standard InChI is InChI=1S/C13H24N2/c1-5-14-11-12(2)10-13(3,4)6-7-15-8-9-15/h12H,1,6-11H2,2-4H3. The van der Waals surface area contributed by atoms with Gasteiger partial charge in [-0.1, -0.05) is 20.8 Å². The van der Waals surface area contributed by atoms with Gasteiger partial charge in [0.25, 0.3) is 0 Å². The minimum Gasteiger partial charge on any atom is -0.301 e. The summed E-state index contributed by atoms with van der Waals surface area (Å²) in [7, 11) is 0. The molecule has 1 atom stereocenters. The van der Waals surface area contributed by atoms with E-state index in [9.17, 15) is 0 Å². The molecule has 0 bridgehead atoms. The molecule has 0 radical (unpaired) electrons. The minimum atomic E-state index is 0.443. The van der Waals surface area contributed by atoms with Crippen molar-refractivity contribution in [3.8, 4) is 0 Å². The molecule has 0 spiro atoms. The van der Waals surface area contributed by atoms with Crippen molar-refractivity contribution in [2.75, 3.05) is 26.2 Å². The molecule has 1 fully saturated rings. The zero-order chi connectivity index (χ0) is 11.3. The van der Waals surface area contributed by atoms with E-state index in [0.717, 1.165) is 6.54 Å². The van der Waals surface area contributed by atoms with Crippen LogP contribution in [0.15, 0.2) is 11.6 Å². The first-order chi connectivity index (χ1) is 7.03. The van der Waals surface area contributed by atoms with Crippen LogP contribution in [0.3, 0.4) is 0 Å². The van der Waals surface area contributed by atoms with Crippen LogP contribution in [-0.4, -0.2) is 36.9 Å². The minimum absolute atomic E-state index is 0.443. The third-order valence-corrected chi connectivity index (χ3v) is 3.06. The molecule has 2 heteroatoms. The van der Waals surface area contributed by atoms with Gasteiger partial charge in [-0.15, -0.1) is 0 Å². The molecule has 1 unspecified atom stereocenters. The Morgan fingerprint density at radius 3 is 2.67 bits per heavy atom. The lowest BCUT2D eigenvalue weighted by Gasteiger charge is -2.27. The first-order valence-corrected chi connectivity index (χ1v) is 5.94. The molecular weight excluding hydrogens is 184 g/mol. The van der Waals surface area contributed by atoms with E-state index >= 15 is 0 Å². The molecule has 1 aliphatic rings. The summed E-state index contributed by atoms with van der Waals surface area (Å²) in [5.41, 5.74) is 0.443. The van der Waals surface area contributed by atoms with Crippen LogP contribution in [0, 0.1) is 11.3 Å². The van der Waals surface area contributed by atoms with E-state index in [-0.39, 0.29) is 0 Å². The number of aliphatic imine (C=N–C) groups is 1. The molecular formula is C13H24N2. The zero-order valence-corrected chi connectivity index (χ0v) is 10.4. The number of nitrogens with zero attached hydrogens (tertiary/aromatic N) is 2. The number of hydrogen-bond acceptors (Lipinski definition) is 2. The van der Waals surface area contributed by atoms with Crippen LogP contribution < -0.4 is 0 Å². The Hall–Kier alpha value is -0.590. The second-order valence-electron chi connectivity index (χ2n) is 5.56. The molecule has 1 heterocycles. The Labute approximate surface area is 94.1 Å². The summed E-state index contributed by atoms with van der Waals surface area (Å²) in [5.74, 6) is 3.25. The van der Waals surface area contributed by atoms with Crippen molar-refractivity contribution in [2.24, 2.45) is 16.3 Å². The van der Waals surface area contributed by atoms with Gasteiger partial charge in [0.15, 0.2) is 0 Å². The summed E-state index contributed by atoms with van der Waals surface area (Å²) in [5, 5.41) is 0. The Morgan fingerprint density at radius 2 is 2.13 bits per heavy atom. The van der Waals surface area contributed by atoms with Gasteiger partial charge in [0.2, 0.25) is 0 Å². The lowest BCUT2D eigenvalue weighted by Crippen LogP contribution is -2.20. The fourth-order valence-electron chi connectivity index (χ4n) is 2.09. The van der Waals surface area contributed by atoms with E-state index in [0.29, 0.717) is 11.3 Å². The summed E-state index contributed by atoms with van der Waals surface area (Å²) in [4.78, 5) is 6.59. The smallest absolute Gasteiger partial charge is 0.0509 e. The van der Waals surface area contributed by atoms with Gasteiger partial charge >= 0.3 is 0 Å². The van der Waals surface area contributed by atoms with Gasteiger partial charge in [-0.3, -0.25) is 0 Å². The predicted molar refractivity (Wildman–Crippen MR) is 66.5 cm³/mol. The van der Waals surface area contributed by atoms with Gasteiger partial charge in [-0.05, 0) is 43.2 Å². The van der Waals surface area contributed by atoms with Crippen molar-refractivity contribution < 1.29 is 0 Å². The topological polar surface area (TPSA) is 15.4 Å². The van der Waals surface area contributed by atoms with Crippen LogP contribution in [0.1, 0.15) is 33.6 Å². The average molecular weight is 208 g/mol. The van der Waals surface area contributed by atoms with Crippen molar-refractivity contribution in [2.45, 2.75) is 33.6 Å². The third-order valence-electron chi connectivity index (χ3n) is 3.06.